The summed E-state index contributed by atoms with van der Waals surface area (Å²) < 4.78 is 22.4. The van der Waals surface area contributed by atoms with Crippen molar-refractivity contribution in [3.8, 4) is 0 Å². The predicted octanol–water partition coefficient (Wildman–Crippen LogP) is 1.99. The lowest BCUT2D eigenvalue weighted by atomic mass is 10.2. The molecule has 0 unspecified atom stereocenters. The Morgan fingerprint density at radius 3 is 2.91 bits per heavy atom. The van der Waals surface area contributed by atoms with Crippen LogP contribution in [0.1, 0.15) is 18.2 Å². The van der Waals surface area contributed by atoms with Gasteiger partial charge in [-0.15, -0.1) is 22.7 Å². The van der Waals surface area contributed by atoms with Gasteiger partial charge in [-0.25, -0.2) is 14.2 Å². The molecular weight excluding hydrogens is 477 g/mol. The highest BCUT2D eigenvalue weighted by Gasteiger charge is 2.12. The van der Waals surface area contributed by atoms with Gasteiger partial charge < -0.3 is 4.74 Å². The number of thiazole rings is 2. The van der Waals surface area contributed by atoms with Gasteiger partial charge in [0.1, 0.15) is 10.5 Å². The average Bonchev–Trinajstić information content (AvgIpc) is 3.32. The van der Waals surface area contributed by atoms with Gasteiger partial charge in [0, 0.05) is 23.2 Å². The molecule has 4 aromatic rings. The predicted molar refractivity (Wildman–Crippen MR) is 122 cm³/mol. The van der Waals surface area contributed by atoms with E-state index < -0.39 is 17.3 Å². The molecule has 11 heteroatoms. The molecular formula is C21H15ClFN3O4S2. The fourth-order valence-electron chi connectivity index (χ4n) is 2.99. The van der Waals surface area contributed by atoms with E-state index in [1.54, 1.807) is 18.5 Å². The Morgan fingerprint density at radius 1 is 1.34 bits per heavy atom. The van der Waals surface area contributed by atoms with Crippen molar-refractivity contribution in [1.29, 1.82) is 0 Å². The molecule has 7 nitrogen and oxygen atoms in total. The van der Waals surface area contributed by atoms with Crippen LogP contribution >= 0.6 is 34.3 Å². The maximum absolute atomic E-state index is 14.2. The van der Waals surface area contributed by atoms with Crippen molar-refractivity contribution in [2.45, 2.75) is 13.5 Å². The van der Waals surface area contributed by atoms with Gasteiger partial charge in [0.15, 0.2) is 4.96 Å². The molecule has 0 aliphatic rings. The topological polar surface area (TPSA) is 82.7 Å². The zero-order valence-electron chi connectivity index (χ0n) is 16.6. The lowest BCUT2D eigenvalue weighted by molar-refractivity contribution is -0.135. The molecule has 0 bridgehead atoms. The molecule has 0 radical (unpaired) electrons. The van der Waals surface area contributed by atoms with E-state index in [1.807, 2.05) is 0 Å². The monoisotopic (exact) mass is 491 g/mol. The third kappa shape index (κ3) is 4.43. The second-order valence-electron chi connectivity index (χ2n) is 6.51. The number of rotatable bonds is 5. The van der Waals surface area contributed by atoms with Gasteiger partial charge in [-0.2, -0.15) is 0 Å². The minimum Gasteiger partial charge on any atom is -0.463 e. The number of fused-ring (bicyclic) bond motifs is 1. The van der Waals surface area contributed by atoms with Gasteiger partial charge in [-0.05, 0) is 25.1 Å². The maximum atomic E-state index is 14.2. The van der Waals surface area contributed by atoms with E-state index in [1.165, 1.54) is 56.7 Å². The molecule has 4 rings (SSSR count). The molecule has 0 fully saturated rings. The van der Waals surface area contributed by atoms with Crippen LogP contribution < -0.4 is 20.3 Å². The zero-order valence-corrected chi connectivity index (χ0v) is 19.0. The van der Waals surface area contributed by atoms with Gasteiger partial charge in [-0.3, -0.25) is 18.6 Å². The lowest BCUT2D eigenvalue weighted by Crippen LogP contribution is -2.33. The quantitative estimate of drug-likeness (QED) is 0.399. The van der Waals surface area contributed by atoms with Crippen molar-refractivity contribution >= 4 is 57.4 Å². The highest BCUT2D eigenvalue weighted by Crippen LogP contribution is 2.19. The number of hydrogen-bond acceptors (Lipinski definition) is 7. The van der Waals surface area contributed by atoms with E-state index in [0.29, 0.717) is 10.7 Å². The second-order valence-corrected chi connectivity index (χ2v) is 8.86. The molecule has 0 saturated carbocycles. The Balaban J connectivity index is 1.90. The number of halogens is 2. The summed E-state index contributed by atoms with van der Waals surface area (Å²) >= 11 is 8.36. The van der Waals surface area contributed by atoms with Crippen LogP contribution in [-0.2, 0) is 16.1 Å². The third-order valence-electron chi connectivity index (χ3n) is 4.42. The van der Waals surface area contributed by atoms with Crippen LogP contribution in [0.4, 0.5) is 4.39 Å². The van der Waals surface area contributed by atoms with Crippen LogP contribution in [0.2, 0.25) is 5.02 Å². The number of carbonyl (C=O) groups excluding carboxylic acids is 1. The minimum atomic E-state index is -0.625. The molecule has 3 heterocycles. The van der Waals surface area contributed by atoms with E-state index in [-0.39, 0.29) is 38.5 Å². The Kier molecular flexibility index (Phi) is 6.35. The molecule has 0 atom stereocenters. The third-order valence-corrected chi connectivity index (χ3v) is 6.56. The van der Waals surface area contributed by atoms with Crippen LogP contribution in [-0.4, -0.2) is 26.5 Å². The van der Waals surface area contributed by atoms with Crippen molar-refractivity contribution in [2.24, 2.45) is 0 Å². The maximum Gasteiger partial charge on any atom is 0.333 e. The summed E-state index contributed by atoms with van der Waals surface area (Å²) in [5.41, 5.74) is -0.335. The van der Waals surface area contributed by atoms with Crippen LogP contribution in [0.5, 0.6) is 0 Å². The minimum absolute atomic E-state index is 0.0525. The first-order chi connectivity index (χ1) is 15.4. The van der Waals surface area contributed by atoms with E-state index in [4.69, 9.17) is 16.3 Å². The summed E-state index contributed by atoms with van der Waals surface area (Å²) in [6, 6.07) is 5.55. The first-order valence-corrected chi connectivity index (χ1v) is 11.4. The summed E-state index contributed by atoms with van der Waals surface area (Å²) in [6.45, 7) is 1.78. The van der Waals surface area contributed by atoms with Gasteiger partial charge in [-0.1, -0.05) is 17.7 Å². The van der Waals surface area contributed by atoms with Gasteiger partial charge in [0.25, 0.3) is 11.1 Å². The van der Waals surface area contributed by atoms with Crippen LogP contribution in [0, 0.1) is 5.82 Å². The van der Waals surface area contributed by atoms with Crippen molar-refractivity contribution in [3.05, 3.63) is 87.8 Å². The molecule has 1 aromatic carbocycles. The first kappa shape index (κ1) is 22.1. The lowest BCUT2D eigenvalue weighted by Gasteiger charge is -2.03. The molecule has 0 N–H and O–H groups in total. The largest absolute Gasteiger partial charge is 0.463 e. The normalized spacial score (nSPS) is 12.6. The van der Waals surface area contributed by atoms with Crippen molar-refractivity contribution in [3.63, 3.8) is 0 Å². The number of nitrogens with zero attached hydrogens (tertiary/aromatic N) is 3. The Morgan fingerprint density at radius 2 is 2.16 bits per heavy atom. The number of esters is 1. The Hall–Kier alpha value is -3.08. The SMILES string of the molecule is CCOC(=O)/C=c1\s/c(=C\c2c(F)cccc2Cl)c(=O)n1Cc1cc(=O)n2ccsc2n1. The van der Waals surface area contributed by atoms with Crippen molar-refractivity contribution in [2.75, 3.05) is 6.61 Å². The molecule has 3 aromatic heterocycles. The smallest absolute Gasteiger partial charge is 0.333 e. The van der Waals surface area contributed by atoms with Crippen molar-refractivity contribution in [1.82, 2.24) is 14.0 Å². The molecule has 0 aliphatic heterocycles. The number of ether oxygens (including phenoxy) is 1. The van der Waals surface area contributed by atoms with Crippen molar-refractivity contribution < 1.29 is 13.9 Å². The number of benzene rings is 1. The molecule has 164 valence electrons. The van der Waals surface area contributed by atoms with Crippen LogP contribution in [0.15, 0.2) is 45.4 Å². The zero-order chi connectivity index (χ0) is 22.8. The average molecular weight is 492 g/mol. The highest BCUT2D eigenvalue weighted by molar-refractivity contribution is 7.15. The fraction of sp³-hybridized carbons (Fsp3) is 0.143. The number of aromatic nitrogens is 3. The summed E-state index contributed by atoms with van der Waals surface area (Å²) in [5.74, 6) is -1.20. The van der Waals surface area contributed by atoms with Crippen LogP contribution in [0.3, 0.4) is 0 Å². The fourth-order valence-corrected chi connectivity index (χ4v) is 4.96. The van der Waals surface area contributed by atoms with Gasteiger partial charge in [0.2, 0.25) is 0 Å². The summed E-state index contributed by atoms with van der Waals surface area (Å²) in [6.07, 6.45) is 4.14. The van der Waals surface area contributed by atoms with E-state index in [9.17, 15) is 18.8 Å². The van der Waals surface area contributed by atoms with Crippen LogP contribution in [0.25, 0.3) is 17.1 Å². The van der Waals surface area contributed by atoms with E-state index >= 15 is 0 Å². The van der Waals surface area contributed by atoms with E-state index in [0.717, 1.165) is 11.3 Å². The summed E-state index contributed by atoms with van der Waals surface area (Å²) in [4.78, 5) is 42.4. The molecule has 0 aliphatic carbocycles. The molecule has 0 saturated heterocycles. The summed E-state index contributed by atoms with van der Waals surface area (Å²) in [7, 11) is 0. The van der Waals surface area contributed by atoms with Gasteiger partial charge >= 0.3 is 5.97 Å². The Bertz CT molecular complexity index is 1550. The first-order valence-electron chi connectivity index (χ1n) is 9.37. The number of hydrogen-bond donors (Lipinski definition) is 0. The molecule has 0 amide bonds. The Labute approximate surface area is 192 Å². The highest BCUT2D eigenvalue weighted by atomic mass is 35.5. The molecule has 32 heavy (non-hydrogen) atoms. The standard InChI is InChI=1S/C21H15ClFN3O4S2/c1-2-30-19(28)10-18-26(11-12-8-17(27)25-6-7-31-21(25)24-12)20(29)16(32-18)9-13-14(22)4-3-5-15(13)23/h3-10H,2,11H2,1H3/b16-9-,18-10-. The van der Waals surface area contributed by atoms with Gasteiger partial charge in [0.05, 0.1) is 34.5 Å². The summed E-state index contributed by atoms with van der Waals surface area (Å²) in [5, 5.41) is 1.88. The number of carbonyl (C=O) groups is 1. The second kappa shape index (κ2) is 9.19. The van der Waals surface area contributed by atoms with E-state index in [2.05, 4.69) is 4.98 Å². The molecule has 0 spiro atoms.